The predicted octanol–water partition coefficient (Wildman–Crippen LogP) is 1.71. The molecule has 106 valence electrons. The number of carbonyl (C=O) groups is 1. The van der Waals surface area contributed by atoms with E-state index < -0.39 is 0 Å². The zero-order valence-corrected chi connectivity index (χ0v) is 11.8. The van der Waals surface area contributed by atoms with Gasteiger partial charge in [-0.05, 0) is 32.5 Å². The number of amides is 1. The normalized spacial score (nSPS) is 12.1. The van der Waals surface area contributed by atoms with Crippen LogP contribution in [0.15, 0.2) is 30.3 Å². The molecule has 0 aliphatic rings. The molecule has 2 N–H and O–H groups in total. The molecule has 1 aromatic carbocycles. The minimum absolute atomic E-state index is 0.0470. The Kier molecular flexibility index (Phi) is 7.86. The van der Waals surface area contributed by atoms with Crippen LogP contribution in [-0.2, 0) is 16.1 Å². The molecule has 0 radical (unpaired) electrons. The van der Waals surface area contributed by atoms with Gasteiger partial charge in [0.1, 0.15) is 0 Å². The van der Waals surface area contributed by atoms with Crippen LogP contribution in [0.4, 0.5) is 0 Å². The number of ether oxygens (including phenoxy) is 1. The summed E-state index contributed by atoms with van der Waals surface area (Å²) in [7, 11) is 1.89. The van der Waals surface area contributed by atoms with Crippen molar-refractivity contribution >= 4 is 5.91 Å². The van der Waals surface area contributed by atoms with E-state index >= 15 is 0 Å². The third kappa shape index (κ3) is 7.59. The molecule has 0 aliphatic carbocycles. The molecule has 1 atom stereocenters. The summed E-state index contributed by atoms with van der Waals surface area (Å²) < 4.78 is 5.58. The second-order valence-electron chi connectivity index (χ2n) is 4.68. The van der Waals surface area contributed by atoms with Crippen LogP contribution < -0.4 is 10.6 Å². The third-order valence-corrected chi connectivity index (χ3v) is 2.72. The van der Waals surface area contributed by atoms with Gasteiger partial charge in [0, 0.05) is 12.5 Å². The van der Waals surface area contributed by atoms with Crippen molar-refractivity contribution < 1.29 is 9.53 Å². The molecule has 4 nitrogen and oxygen atoms in total. The molecule has 0 spiro atoms. The zero-order valence-electron chi connectivity index (χ0n) is 11.8. The molecule has 0 heterocycles. The van der Waals surface area contributed by atoms with E-state index in [-0.39, 0.29) is 11.9 Å². The van der Waals surface area contributed by atoms with Crippen LogP contribution in [0.25, 0.3) is 0 Å². The zero-order chi connectivity index (χ0) is 13.9. The summed E-state index contributed by atoms with van der Waals surface area (Å²) in [5, 5.41) is 5.96. The molecule has 1 amide bonds. The Morgan fingerprint density at radius 1 is 1.32 bits per heavy atom. The van der Waals surface area contributed by atoms with Gasteiger partial charge in [-0.15, -0.1) is 0 Å². The van der Waals surface area contributed by atoms with E-state index in [4.69, 9.17) is 4.74 Å². The largest absolute Gasteiger partial charge is 0.375 e. The first-order valence-electron chi connectivity index (χ1n) is 6.78. The van der Waals surface area contributed by atoms with Gasteiger partial charge in [-0.3, -0.25) is 4.79 Å². The lowest BCUT2D eigenvalue weighted by atomic mass is 10.2. The van der Waals surface area contributed by atoms with Crippen LogP contribution >= 0.6 is 0 Å². The molecular weight excluding hydrogens is 240 g/mol. The minimum atomic E-state index is 0.0470. The van der Waals surface area contributed by atoms with Crippen molar-refractivity contribution in [1.82, 2.24) is 10.6 Å². The highest BCUT2D eigenvalue weighted by Crippen LogP contribution is 2.01. The molecule has 0 aromatic heterocycles. The fourth-order valence-electron chi connectivity index (χ4n) is 1.74. The van der Waals surface area contributed by atoms with Gasteiger partial charge in [-0.1, -0.05) is 30.3 Å². The summed E-state index contributed by atoms with van der Waals surface area (Å²) in [6.07, 6.45) is 1.42. The molecule has 0 fully saturated rings. The first-order valence-corrected chi connectivity index (χ1v) is 6.78. The van der Waals surface area contributed by atoms with Gasteiger partial charge in [-0.25, -0.2) is 0 Å². The molecule has 1 aromatic rings. The average Bonchev–Trinajstić information content (AvgIpc) is 2.40. The number of hydrogen-bond acceptors (Lipinski definition) is 3. The van der Waals surface area contributed by atoms with Crippen molar-refractivity contribution in [2.45, 2.75) is 32.4 Å². The predicted molar refractivity (Wildman–Crippen MR) is 76.9 cm³/mol. The van der Waals surface area contributed by atoms with Gasteiger partial charge in [0.2, 0.25) is 5.91 Å². The summed E-state index contributed by atoms with van der Waals surface area (Å²) in [6, 6.07) is 10.1. The van der Waals surface area contributed by atoms with Crippen LogP contribution in [-0.4, -0.2) is 32.1 Å². The van der Waals surface area contributed by atoms with Crippen LogP contribution in [0.5, 0.6) is 0 Å². The summed E-state index contributed by atoms with van der Waals surface area (Å²) in [6.45, 7) is 3.95. The lowest BCUT2D eigenvalue weighted by Crippen LogP contribution is -2.36. The van der Waals surface area contributed by atoms with Crippen molar-refractivity contribution in [3.05, 3.63) is 35.9 Å². The summed E-state index contributed by atoms with van der Waals surface area (Å²) in [5.41, 5.74) is 1.15. The monoisotopic (exact) mass is 264 g/mol. The van der Waals surface area contributed by atoms with Crippen LogP contribution in [0.2, 0.25) is 0 Å². The Balaban J connectivity index is 2.10. The highest BCUT2D eigenvalue weighted by molar-refractivity contribution is 5.76. The number of carbonyl (C=O) groups excluding carboxylic acids is 1. The lowest BCUT2D eigenvalue weighted by molar-refractivity contribution is -0.122. The fourth-order valence-corrected chi connectivity index (χ4v) is 1.74. The molecule has 0 saturated heterocycles. The Morgan fingerprint density at radius 3 is 2.74 bits per heavy atom. The lowest BCUT2D eigenvalue weighted by Gasteiger charge is -2.14. The van der Waals surface area contributed by atoms with Gasteiger partial charge in [0.15, 0.2) is 0 Å². The number of benzene rings is 1. The molecular formula is C15H24N2O2. The van der Waals surface area contributed by atoms with Crippen LogP contribution in [0.1, 0.15) is 25.3 Å². The molecule has 1 unspecified atom stereocenters. The Labute approximate surface area is 115 Å². The number of hydrogen-bond donors (Lipinski definition) is 2. The third-order valence-electron chi connectivity index (χ3n) is 2.72. The molecule has 0 aliphatic heterocycles. The van der Waals surface area contributed by atoms with Crippen molar-refractivity contribution in [2.24, 2.45) is 0 Å². The van der Waals surface area contributed by atoms with E-state index in [1.165, 1.54) is 0 Å². The SMILES string of the molecule is CNCCCC(=O)NC(C)COCc1ccccc1. The standard InChI is InChI=1S/C15H24N2O2/c1-13(17-15(18)9-6-10-16-2)11-19-12-14-7-4-3-5-8-14/h3-5,7-8,13,16H,6,9-12H2,1-2H3,(H,17,18). The number of nitrogens with one attached hydrogen (secondary N) is 2. The van der Waals surface area contributed by atoms with E-state index in [1.54, 1.807) is 0 Å². The molecule has 0 saturated carbocycles. The van der Waals surface area contributed by atoms with E-state index in [2.05, 4.69) is 10.6 Å². The maximum atomic E-state index is 11.6. The maximum Gasteiger partial charge on any atom is 0.220 e. The molecule has 0 bridgehead atoms. The van der Waals surface area contributed by atoms with E-state index in [9.17, 15) is 4.79 Å². The second-order valence-corrected chi connectivity index (χ2v) is 4.68. The van der Waals surface area contributed by atoms with E-state index in [0.717, 1.165) is 18.5 Å². The highest BCUT2D eigenvalue weighted by atomic mass is 16.5. The topological polar surface area (TPSA) is 50.4 Å². The van der Waals surface area contributed by atoms with Gasteiger partial charge in [0.05, 0.1) is 13.2 Å². The van der Waals surface area contributed by atoms with Crippen molar-refractivity contribution in [3.8, 4) is 0 Å². The van der Waals surface area contributed by atoms with Crippen molar-refractivity contribution in [3.63, 3.8) is 0 Å². The molecule has 1 rings (SSSR count). The van der Waals surface area contributed by atoms with Gasteiger partial charge >= 0.3 is 0 Å². The minimum Gasteiger partial charge on any atom is -0.375 e. The number of rotatable bonds is 9. The Morgan fingerprint density at radius 2 is 2.05 bits per heavy atom. The van der Waals surface area contributed by atoms with Crippen LogP contribution in [0, 0.1) is 0 Å². The molecule has 19 heavy (non-hydrogen) atoms. The van der Waals surface area contributed by atoms with Gasteiger partial charge < -0.3 is 15.4 Å². The van der Waals surface area contributed by atoms with Gasteiger partial charge in [0.25, 0.3) is 0 Å². The summed E-state index contributed by atoms with van der Waals surface area (Å²) in [5.74, 6) is 0.0889. The average molecular weight is 264 g/mol. The maximum absolute atomic E-state index is 11.6. The first kappa shape index (κ1) is 15.7. The van der Waals surface area contributed by atoms with Crippen LogP contribution in [0.3, 0.4) is 0 Å². The molecule has 4 heteroatoms. The highest BCUT2D eigenvalue weighted by Gasteiger charge is 2.06. The first-order chi connectivity index (χ1) is 9.22. The van der Waals surface area contributed by atoms with Gasteiger partial charge in [-0.2, -0.15) is 0 Å². The Hall–Kier alpha value is -1.39. The smallest absolute Gasteiger partial charge is 0.220 e. The summed E-state index contributed by atoms with van der Waals surface area (Å²) >= 11 is 0. The van der Waals surface area contributed by atoms with Crippen molar-refractivity contribution in [1.29, 1.82) is 0 Å². The second kappa shape index (κ2) is 9.53. The Bertz CT molecular complexity index is 354. The van der Waals surface area contributed by atoms with E-state index in [0.29, 0.717) is 19.6 Å². The quantitative estimate of drug-likeness (QED) is 0.668. The fraction of sp³-hybridized carbons (Fsp3) is 0.533. The van der Waals surface area contributed by atoms with Crippen molar-refractivity contribution in [2.75, 3.05) is 20.2 Å². The van der Waals surface area contributed by atoms with E-state index in [1.807, 2.05) is 44.3 Å². The summed E-state index contributed by atoms with van der Waals surface area (Å²) in [4.78, 5) is 11.6.